The molecule has 122 valence electrons. The smallest absolute Gasteiger partial charge is 0.251 e. The summed E-state index contributed by atoms with van der Waals surface area (Å²) in [4.78, 5) is 25.0. The van der Waals surface area contributed by atoms with Crippen molar-refractivity contribution in [3.63, 3.8) is 0 Å². The van der Waals surface area contributed by atoms with Gasteiger partial charge < -0.3 is 15.6 Å². The number of thiophene rings is 1. The Morgan fingerprint density at radius 3 is 2.83 bits per heavy atom. The number of carbonyl (C=O) groups is 2. The molecule has 2 aromatic heterocycles. The van der Waals surface area contributed by atoms with Crippen LogP contribution in [0.25, 0.3) is 0 Å². The third-order valence-corrected chi connectivity index (χ3v) is 6.03. The number of anilines is 1. The number of fused-ring (bicyclic) bond motifs is 1. The lowest BCUT2D eigenvalue weighted by molar-refractivity contribution is -0.113. The summed E-state index contributed by atoms with van der Waals surface area (Å²) in [6.45, 7) is 1.85. The van der Waals surface area contributed by atoms with E-state index in [-0.39, 0.29) is 11.7 Å². The normalized spacial score (nSPS) is 13.1. The first kappa shape index (κ1) is 16.0. The maximum Gasteiger partial charge on any atom is 0.251 e. The van der Waals surface area contributed by atoms with E-state index in [2.05, 4.69) is 15.5 Å². The van der Waals surface area contributed by atoms with Gasteiger partial charge in [0.1, 0.15) is 10.8 Å². The number of rotatable bonds is 5. The van der Waals surface area contributed by atoms with E-state index in [0.717, 1.165) is 35.5 Å². The number of nitrogens with two attached hydrogens (primary N) is 1. The van der Waals surface area contributed by atoms with Gasteiger partial charge >= 0.3 is 0 Å². The zero-order chi connectivity index (χ0) is 16.6. The monoisotopic (exact) mass is 351 g/mol. The molecule has 0 aromatic carbocycles. The molecule has 0 radical (unpaired) electrons. The number of nitrogens with one attached hydrogen (secondary N) is 1. The largest absolute Gasteiger partial charge is 0.365 e. The van der Waals surface area contributed by atoms with E-state index in [0.29, 0.717) is 15.7 Å². The van der Waals surface area contributed by atoms with Gasteiger partial charge in [-0.1, -0.05) is 11.8 Å². The Hall–Kier alpha value is -1.87. The van der Waals surface area contributed by atoms with Crippen LogP contribution in [-0.2, 0) is 24.7 Å². The van der Waals surface area contributed by atoms with Gasteiger partial charge in [-0.05, 0) is 31.7 Å². The maximum absolute atomic E-state index is 12.2. The lowest BCUT2D eigenvalue weighted by Gasteiger charge is -2.06. The predicted octanol–water partition coefficient (Wildman–Crippen LogP) is 1.50. The molecule has 3 rings (SSSR count). The number of primary amides is 1. The third kappa shape index (κ3) is 3.11. The highest BCUT2D eigenvalue weighted by atomic mass is 32.2. The quantitative estimate of drug-likeness (QED) is 0.795. The SMILES string of the molecule is Cc1nnc(SCC(=O)Nc2sc3c(c2C(N)=O)CCC3)n1C. The number of nitrogens with zero attached hydrogens (tertiary/aromatic N) is 3. The van der Waals surface area contributed by atoms with Gasteiger partial charge in [0.25, 0.3) is 5.91 Å². The average Bonchev–Trinajstić information content (AvgIpc) is 3.13. The topological polar surface area (TPSA) is 103 Å². The molecule has 0 atom stereocenters. The molecule has 0 unspecified atom stereocenters. The van der Waals surface area contributed by atoms with E-state index < -0.39 is 5.91 Å². The third-order valence-electron chi connectivity index (χ3n) is 3.81. The molecule has 1 aliphatic rings. The molecule has 0 bridgehead atoms. The molecule has 3 N–H and O–H groups in total. The van der Waals surface area contributed by atoms with Crippen molar-refractivity contribution in [1.82, 2.24) is 14.8 Å². The van der Waals surface area contributed by atoms with Crippen LogP contribution in [0.2, 0.25) is 0 Å². The molecule has 0 fully saturated rings. The zero-order valence-electron chi connectivity index (χ0n) is 12.9. The second-order valence-electron chi connectivity index (χ2n) is 5.35. The first-order valence-corrected chi connectivity index (χ1v) is 9.00. The van der Waals surface area contributed by atoms with E-state index in [1.165, 1.54) is 23.1 Å². The Morgan fingerprint density at radius 2 is 2.17 bits per heavy atom. The van der Waals surface area contributed by atoms with Crippen molar-refractivity contribution in [3.05, 3.63) is 21.8 Å². The molecule has 2 heterocycles. The summed E-state index contributed by atoms with van der Waals surface area (Å²) in [5, 5.41) is 12.0. The van der Waals surface area contributed by atoms with Gasteiger partial charge in [-0.25, -0.2) is 0 Å². The summed E-state index contributed by atoms with van der Waals surface area (Å²) in [6.07, 6.45) is 2.84. The van der Waals surface area contributed by atoms with Crippen LogP contribution in [0.1, 0.15) is 33.0 Å². The van der Waals surface area contributed by atoms with Crippen molar-refractivity contribution in [1.29, 1.82) is 0 Å². The summed E-state index contributed by atoms with van der Waals surface area (Å²) in [5.41, 5.74) is 6.98. The van der Waals surface area contributed by atoms with Crippen molar-refractivity contribution >= 4 is 39.9 Å². The Balaban J connectivity index is 1.69. The van der Waals surface area contributed by atoms with E-state index in [9.17, 15) is 9.59 Å². The minimum Gasteiger partial charge on any atom is -0.365 e. The molecule has 9 heteroatoms. The molecule has 7 nitrogen and oxygen atoms in total. The molecule has 2 aromatic rings. The van der Waals surface area contributed by atoms with Gasteiger partial charge in [-0.3, -0.25) is 9.59 Å². The number of carbonyl (C=O) groups excluding carboxylic acids is 2. The summed E-state index contributed by atoms with van der Waals surface area (Å²) in [5.74, 6) is 0.334. The number of hydrogen-bond donors (Lipinski definition) is 2. The minimum atomic E-state index is -0.476. The fourth-order valence-electron chi connectivity index (χ4n) is 2.56. The highest BCUT2D eigenvalue weighted by molar-refractivity contribution is 7.99. The molecule has 1 aliphatic carbocycles. The summed E-state index contributed by atoms with van der Waals surface area (Å²) in [7, 11) is 1.85. The van der Waals surface area contributed by atoms with Crippen molar-refractivity contribution in [3.8, 4) is 0 Å². The molecule has 23 heavy (non-hydrogen) atoms. The number of hydrogen-bond acceptors (Lipinski definition) is 6. The molecule has 2 amide bonds. The van der Waals surface area contributed by atoms with Crippen LogP contribution in [-0.4, -0.2) is 32.3 Å². The van der Waals surface area contributed by atoms with Crippen molar-refractivity contribution < 1.29 is 9.59 Å². The van der Waals surface area contributed by atoms with E-state index >= 15 is 0 Å². The van der Waals surface area contributed by atoms with Gasteiger partial charge in [0.05, 0.1) is 11.3 Å². The van der Waals surface area contributed by atoms with Crippen LogP contribution in [0.3, 0.4) is 0 Å². The van der Waals surface area contributed by atoms with Crippen LogP contribution in [0.15, 0.2) is 5.16 Å². The highest BCUT2D eigenvalue weighted by Crippen LogP contribution is 2.38. The molecular formula is C14H17N5O2S2. The van der Waals surface area contributed by atoms with Gasteiger partial charge in [-0.2, -0.15) is 0 Å². The Bertz CT molecular complexity index is 780. The van der Waals surface area contributed by atoms with E-state index in [1.807, 2.05) is 18.5 Å². The molecular weight excluding hydrogens is 334 g/mol. The second kappa shape index (κ2) is 6.32. The van der Waals surface area contributed by atoms with Crippen molar-refractivity contribution in [2.24, 2.45) is 12.8 Å². The first-order valence-electron chi connectivity index (χ1n) is 7.20. The Kier molecular flexibility index (Phi) is 4.40. The fourth-order valence-corrected chi connectivity index (χ4v) is 4.63. The van der Waals surface area contributed by atoms with Crippen molar-refractivity contribution in [2.75, 3.05) is 11.1 Å². The number of aryl methyl sites for hydroxylation is 2. The average molecular weight is 351 g/mol. The lowest BCUT2D eigenvalue weighted by Crippen LogP contribution is -2.19. The molecule has 0 saturated heterocycles. The number of amides is 2. The predicted molar refractivity (Wildman–Crippen MR) is 90.0 cm³/mol. The summed E-state index contributed by atoms with van der Waals surface area (Å²) in [6, 6.07) is 0. The van der Waals surface area contributed by atoms with Crippen LogP contribution < -0.4 is 11.1 Å². The number of aromatic nitrogens is 3. The van der Waals surface area contributed by atoms with Crippen LogP contribution in [0.5, 0.6) is 0 Å². The Labute approximate surface area is 141 Å². The highest BCUT2D eigenvalue weighted by Gasteiger charge is 2.26. The van der Waals surface area contributed by atoms with Crippen molar-refractivity contribution in [2.45, 2.75) is 31.3 Å². The second-order valence-corrected chi connectivity index (χ2v) is 7.40. The molecule has 0 aliphatic heterocycles. The summed E-state index contributed by atoms with van der Waals surface area (Å²) >= 11 is 2.76. The van der Waals surface area contributed by atoms with Gasteiger partial charge in [0, 0.05) is 11.9 Å². The maximum atomic E-state index is 12.2. The van der Waals surface area contributed by atoms with E-state index in [4.69, 9.17) is 5.73 Å². The van der Waals surface area contributed by atoms with Gasteiger partial charge in [-0.15, -0.1) is 21.5 Å². The van der Waals surface area contributed by atoms with E-state index in [1.54, 1.807) is 0 Å². The fraction of sp³-hybridized carbons (Fsp3) is 0.429. The summed E-state index contributed by atoms with van der Waals surface area (Å²) < 4.78 is 1.83. The zero-order valence-corrected chi connectivity index (χ0v) is 14.5. The van der Waals surface area contributed by atoms with Crippen LogP contribution in [0, 0.1) is 6.92 Å². The number of thioether (sulfide) groups is 1. The standard InChI is InChI=1S/C14H17N5O2S2/c1-7-17-18-14(19(7)2)22-6-10(20)16-13-11(12(15)21)8-4-3-5-9(8)23-13/h3-6H2,1-2H3,(H2,15,21)(H,16,20). The van der Waals surface area contributed by atoms with Gasteiger partial charge in [0.15, 0.2) is 5.16 Å². The Morgan fingerprint density at radius 1 is 1.39 bits per heavy atom. The minimum absolute atomic E-state index is 0.182. The molecule has 0 saturated carbocycles. The van der Waals surface area contributed by atoms with Crippen LogP contribution >= 0.6 is 23.1 Å². The lowest BCUT2D eigenvalue weighted by atomic mass is 10.1. The first-order chi connectivity index (χ1) is 11.0. The van der Waals surface area contributed by atoms with Gasteiger partial charge in [0.2, 0.25) is 5.91 Å². The molecule has 0 spiro atoms. The van der Waals surface area contributed by atoms with Crippen LogP contribution in [0.4, 0.5) is 5.00 Å².